The van der Waals surface area contributed by atoms with Crippen molar-refractivity contribution in [2.24, 2.45) is 0 Å². The summed E-state index contributed by atoms with van der Waals surface area (Å²) in [6, 6.07) is 7.16. The van der Waals surface area contributed by atoms with Gasteiger partial charge < -0.3 is 10.4 Å². The number of hydrogen-bond donors (Lipinski definition) is 2. The Labute approximate surface area is 114 Å². The van der Waals surface area contributed by atoms with Gasteiger partial charge in [0.2, 0.25) is 0 Å². The molecule has 3 rings (SSSR count). The van der Waals surface area contributed by atoms with Gasteiger partial charge in [0, 0.05) is 18.0 Å². The van der Waals surface area contributed by atoms with E-state index in [1.807, 2.05) is 18.2 Å². The number of nitrogens with zero attached hydrogens (tertiary/aromatic N) is 3. The first-order valence-corrected chi connectivity index (χ1v) is 6.07. The summed E-state index contributed by atoms with van der Waals surface area (Å²) in [6.45, 7) is -0.161. The van der Waals surface area contributed by atoms with Gasteiger partial charge in [0.1, 0.15) is 11.3 Å². The molecule has 0 aliphatic heterocycles. The van der Waals surface area contributed by atoms with Crippen molar-refractivity contribution >= 4 is 17.2 Å². The first-order chi connectivity index (χ1) is 9.79. The van der Waals surface area contributed by atoms with Crippen LogP contribution in [0, 0.1) is 0 Å². The summed E-state index contributed by atoms with van der Waals surface area (Å²) >= 11 is 0. The molecule has 0 aromatic carbocycles. The minimum Gasteiger partial charge on any atom is -0.392 e. The molecule has 0 bridgehead atoms. The topological polar surface area (TPSA) is 79.5 Å². The van der Waals surface area contributed by atoms with Crippen molar-refractivity contribution in [3.63, 3.8) is 0 Å². The number of aromatic nitrogens is 3. The second-order valence-corrected chi connectivity index (χ2v) is 4.22. The molecular formula is C14H12N4O2. The monoisotopic (exact) mass is 268 g/mol. The summed E-state index contributed by atoms with van der Waals surface area (Å²) in [5.41, 5.74) is 2.23. The van der Waals surface area contributed by atoms with E-state index in [1.165, 1.54) is 12.4 Å². The first kappa shape index (κ1) is 12.3. The quantitative estimate of drug-likeness (QED) is 0.754. The number of hydrogen-bond acceptors (Lipinski definition) is 4. The van der Waals surface area contributed by atoms with Gasteiger partial charge in [0.25, 0.3) is 5.91 Å². The highest BCUT2D eigenvalue weighted by Gasteiger charge is 2.13. The van der Waals surface area contributed by atoms with Crippen LogP contribution >= 0.6 is 0 Å². The van der Waals surface area contributed by atoms with E-state index in [2.05, 4.69) is 15.3 Å². The van der Waals surface area contributed by atoms with Crippen molar-refractivity contribution in [3.05, 3.63) is 60.3 Å². The third-order valence-electron chi connectivity index (χ3n) is 2.98. The lowest BCUT2D eigenvalue weighted by molar-refractivity contribution is 0.102. The van der Waals surface area contributed by atoms with Gasteiger partial charge in [0.05, 0.1) is 24.7 Å². The number of carbonyl (C=O) groups is 1. The van der Waals surface area contributed by atoms with E-state index < -0.39 is 0 Å². The molecular weight excluding hydrogens is 256 g/mol. The second-order valence-electron chi connectivity index (χ2n) is 4.22. The van der Waals surface area contributed by atoms with Crippen LogP contribution in [-0.4, -0.2) is 25.4 Å². The fourth-order valence-corrected chi connectivity index (χ4v) is 1.96. The Hall–Kier alpha value is -2.73. The predicted octanol–water partition coefficient (Wildman–Crippen LogP) is 1.47. The van der Waals surface area contributed by atoms with Crippen LogP contribution < -0.4 is 5.32 Å². The molecule has 6 nitrogen and oxygen atoms in total. The largest absolute Gasteiger partial charge is 0.392 e. The Morgan fingerprint density at radius 3 is 3.05 bits per heavy atom. The second kappa shape index (κ2) is 5.10. The van der Waals surface area contributed by atoms with Crippen molar-refractivity contribution in [3.8, 4) is 0 Å². The van der Waals surface area contributed by atoms with Gasteiger partial charge in [-0.1, -0.05) is 6.07 Å². The van der Waals surface area contributed by atoms with Crippen LogP contribution in [0.15, 0.2) is 49.1 Å². The fraction of sp³-hybridized carbons (Fsp3) is 0.0714. The van der Waals surface area contributed by atoms with Crippen molar-refractivity contribution in [1.82, 2.24) is 14.4 Å². The van der Waals surface area contributed by atoms with E-state index in [1.54, 1.807) is 22.9 Å². The zero-order valence-corrected chi connectivity index (χ0v) is 10.5. The van der Waals surface area contributed by atoms with E-state index in [0.717, 1.165) is 0 Å². The lowest BCUT2D eigenvalue weighted by Crippen LogP contribution is -2.15. The van der Waals surface area contributed by atoms with Crippen LogP contribution in [0.1, 0.15) is 16.1 Å². The molecule has 0 atom stereocenters. The van der Waals surface area contributed by atoms with Crippen molar-refractivity contribution in [2.75, 3.05) is 5.32 Å². The van der Waals surface area contributed by atoms with Crippen LogP contribution in [-0.2, 0) is 6.61 Å². The number of fused-ring (bicyclic) bond motifs is 1. The Morgan fingerprint density at radius 2 is 2.20 bits per heavy atom. The Bertz CT molecular complexity index is 766. The highest BCUT2D eigenvalue weighted by atomic mass is 16.3. The molecule has 3 aromatic rings. The highest BCUT2D eigenvalue weighted by molar-refractivity contribution is 6.03. The lowest BCUT2D eigenvalue weighted by atomic mass is 10.2. The molecule has 3 heterocycles. The minimum atomic E-state index is -0.300. The Morgan fingerprint density at radius 1 is 1.30 bits per heavy atom. The summed E-state index contributed by atoms with van der Waals surface area (Å²) in [6.07, 6.45) is 6.36. The van der Waals surface area contributed by atoms with Gasteiger partial charge in [-0.3, -0.25) is 14.2 Å². The number of imidazole rings is 1. The molecule has 20 heavy (non-hydrogen) atoms. The van der Waals surface area contributed by atoms with E-state index in [9.17, 15) is 9.90 Å². The number of carbonyl (C=O) groups excluding carboxylic acids is 1. The normalized spacial score (nSPS) is 10.7. The number of nitrogens with one attached hydrogen (secondary N) is 1. The molecule has 0 aliphatic rings. The number of anilines is 1. The van der Waals surface area contributed by atoms with Gasteiger partial charge in [-0.2, -0.15) is 0 Å². The molecule has 0 unspecified atom stereocenters. The third kappa shape index (κ3) is 2.12. The number of aliphatic hydroxyl groups is 1. The molecule has 2 N–H and O–H groups in total. The molecule has 0 aliphatic carbocycles. The molecule has 0 spiro atoms. The van der Waals surface area contributed by atoms with Gasteiger partial charge in [-0.05, 0) is 18.2 Å². The van der Waals surface area contributed by atoms with Crippen LogP contribution in [0.5, 0.6) is 0 Å². The minimum absolute atomic E-state index is 0.161. The van der Waals surface area contributed by atoms with Crippen LogP contribution in [0.2, 0.25) is 0 Å². The summed E-state index contributed by atoms with van der Waals surface area (Å²) < 4.78 is 1.70. The molecule has 0 radical (unpaired) electrons. The zero-order valence-electron chi connectivity index (χ0n) is 10.5. The molecule has 100 valence electrons. The van der Waals surface area contributed by atoms with E-state index >= 15 is 0 Å². The van der Waals surface area contributed by atoms with E-state index in [0.29, 0.717) is 22.6 Å². The summed E-state index contributed by atoms with van der Waals surface area (Å²) in [7, 11) is 0. The highest BCUT2D eigenvalue weighted by Crippen LogP contribution is 2.15. The summed E-state index contributed by atoms with van der Waals surface area (Å²) in [5.74, 6) is -0.300. The maximum atomic E-state index is 12.3. The predicted molar refractivity (Wildman–Crippen MR) is 73.3 cm³/mol. The number of pyridine rings is 2. The molecule has 3 aromatic heterocycles. The summed E-state index contributed by atoms with van der Waals surface area (Å²) in [4.78, 5) is 20.4. The SMILES string of the molecule is O=C(Nc1cnccc1CO)c1cnc2ccccn12. The maximum absolute atomic E-state index is 12.3. The van der Waals surface area contributed by atoms with Crippen LogP contribution in [0.4, 0.5) is 5.69 Å². The lowest BCUT2D eigenvalue weighted by Gasteiger charge is -2.08. The fourth-order valence-electron chi connectivity index (χ4n) is 1.96. The first-order valence-electron chi connectivity index (χ1n) is 6.07. The number of amides is 1. The molecule has 1 amide bonds. The average Bonchev–Trinajstić information content (AvgIpc) is 2.92. The van der Waals surface area contributed by atoms with Gasteiger partial charge >= 0.3 is 0 Å². The smallest absolute Gasteiger partial charge is 0.274 e. The molecule has 0 saturated heterocycles. The Balaban J connectivity index is 1.93. The number of aliphatic hydroxyl groups excluding tert-OH is 1. The van der Waals surface area contributed by atoms with Crippen molar-refractivity contribution < 1.29 is 9.90 Å². The van der Waals surface area contributed by atoms with Crippen molar-refractivity contribution in [1.29, 1.82) is 0 Å². The van der Waals surface area contributed by atoms with Gasteiger partial charge in [-0.15, -0.1) is 0 Å². The standard InChI is InChI=1S/C14H12N4O2/c19-9-10-4-5-15-7-11(10)17-14(20)12-8-16-13-3-1-2-6-18(12)13/h1-8,19H,9H2,(H,17,20). The third-order valence-corrected chi connectivity index (χ3v) is 2.98. The zero-order chi connectivity index (χ0) is 13.9. The molecule has 0 fully saturated rings. The average molecular weight is 268 g/mol. The molecule has 6 heteroatoms. The maximum Gasteiger partial charge on any atom is 0.274 e. The van der Waals surface area contributed by atoms with Gasteiger partial charge in [-0.25, -0.2) is 4.98 Å². The van der Waals surface area contributed by atoms with E-state index in [-0.39, 0.29) is 12.5 Å². The van der Waals surface area contributed by atoms with Crippen LogP contribution in [0.3, 0.4) is 0 Å². The van der Waals surface area contributed by atoms with E-state index in [4.69, 9.17) is 0 Å². The Kier molecular flexibility index (Phi) is 3.14. The summed E-state index contributed by atoms with van der Waals surface area (Å²) in [5, 5.41) is 12.0. The number of rotatable bonds is 3. The van der Waals surface area contributed by atoms with Crippen LogP contribution in [0.25, 0.3) is 5.65 Å². The molecule has 0 saturated carbocycles. The van der Waals surface area contributed by atoms with Crippen molar-refractivity contribution in [2.45, 2.75) is 6.61 Å². The van der Waals surface area contributed by atoms with Gasteiger partial charge in [0.15, 0.2) is 0 Å².